The highest BCUT2D eigenvalue weighted by Gasteiger charge is 2.28. The van der Waals surface area contributed by atoms with Crippen molar-refractivity contribution in [1.82, 2.24) is 9.99 Å². The lowest BCUT2D eigenvalue weighted by Gasteiger charge is -2.24. The van der Waals surface area contributed by atoms with Crippen LogP contribution in [0.15, 0.2) is 101 Å². The number of halogens is 1. The van der Waals surface area contributed by atoms with Crippen LogP contribution in [0, 0.1) is 13.8 Å². The van der Waals surface area contributed by atoms with E-state index < -0.39 is 22.5 Å². The van der Waals surface area contributed by atoms with Crippen LogP contribution in [0.5, 0.6) is 0 Å². The summed E-state index contributed by atoms with van der Waals surface area (Å²) in [4.78, 5) is 12.9. The van der Waals surface area contributed by atoms with Crippen LogP contribution in [-0.4, -0.2) is 31.7 Å². The van der Waals surface area contributed by atoms with Gasteiger partial charge >= 0.3 is 0 Å². The van der Waals surface area contributed by atoms with Gasteiger partial charge in [-0.25, -0.2) is 13.8 Å². The molecule has 4 aromatic rings. The van der Waals surface area contributed by atoms with Gasteiger partial charge in [0.1, 0.15) is 6.54 Å². The minimum absolute atomic E-state index is 0.0505. The lowest BCUT2D eigenvalue weighted by atomic mass is 10.2. The van der Waals surface area contributed by atoms with Crippen molar-refractivity contribution in [2.24, 2.45) is 5.10 Å². The molecule has 0 bridgehead atoms. The van der Waals surface area contributed by atoms with Crippen LogP contribution < -0.4 is 9.73 Å². The zero-order valence-electron chi connectivity index (χ0n) is 19.8. The van der Waals surface area contributed by atoms with Gasteiger partial charge in [-0.05, 0) is 56.3 Å². The van der Waals surface area contributed by atoms with E-state index in [2.05, 4.69) is 15.1 Å². The highest BCUT2D eigenvalue weighted by molar-refractivity contribution is 7.92. The zero-order chi connectivity index (χ0) is 25.7. The van der Waals surface area contributed by atoms with Gasteiger partial charge in [-0.1, -0.05) is 60.1 Å². The van der Waals surface area contributed by atoms with Crippen LogP contribution in [0.2, 0.25) is 5.02 Å². The van der Waals surface area contributed by atoms with Crippen molar-refractivity contribution in [2.45, 2.75) is 18.7 Å². The van der Waals surface area contributed by atoms with Crippen molar-refractivity contribution in [3.05, 3.63) is 113 Å². The van der Waals surface area contributed by atoms with E-state index in [1.807, 2.05) is 50.2 Å². The molecular formula is C27H25ClN4O3S. The Labute approximate surface area is 215 Å². The van der Waals surface area contributed by atoms with Crippen LogP contribution in [0.25, 0.3) is 5.69 Å². The van der Waals surface area contributed by atoms with E-state index in [4.69, 9.17) is 11.6 Å². The molecule has 0 radical (unpaired) electrons. The molecule has 0 spiro atoms. The number of hydrogen-bond donors (Lipinski definition) is 1. The molecule has 1 aromatic heterocycles. The first-order valence-electron chi connectivity index (χ1n) is 11.2. The predicted molar refractivity (Wildman–Crippen MR) is 143 cm³/mol. The quantitative estimate of drug-likeness (QED) is 0.259. The smallest absolute Gasteiger partial charge is 0.264 e. The Morgan fingerprint density at radius 2 is 1.58 bits per heavy atom. The molecule has 0 aliphatic carbocycles. The van der Waals surface area contributed by atoms with E-state index in [0.29, 0.717) is 0 Å². The summed E-state index contributed by atoms with van der Waals surface area (Å²) in [5.74, 6) is -0.609. The second-order valence-corrected chi connectivity index (χ2v) is 10.3. The van der Waals surface area contributed by atoms with Crippen molar-refractivity contribution in [2.75, 3.05) is 10.8 Å². The lowest BCUT2D eigenvalue weighted by Crippen LogP contribution is -2.39. The molecule has 9 heteroatoms. The monoisotopic (exact) mass is 520 g/mol. The molecule has 36 heavy (non-hydrogen) atoms. The highest BCUT2D eigenvalue weighted by atomic mass is 35.5. The second-order valence-electron chi connectivity index (χ2n) is 8.07. The summed E-state index contributed by atoms with van der Waals surface area (Å²) in [7, 11) is -4.06. The van der Waals surface area contributed by atoms with E-state index in [-0.39, 0.29) is 15.6 Å². The van der Waals surface area contributed by atoms with Crippen LogP contribution in [0.4, 0.5) is 5.69 Å². The van der Waals surface area contributed by atoms with Crippen molar-refractivity contribution < 1.29 is 13.2 Å². The molecule has 0 aliphatic rings. The number of nitrogens with zero attached hydrogens (tertiary/aromatic N) is 3. The molecule has 0 aliphatic heterocycles. The molecule has 1 N–H and O–H groups in total. The molecule has 0 fully saturated rings. The summed E-state index contributed by atoms with van der Waals surface area (Å²) >= 11 is 6.30. The minimum atomic E-state index is -4.06. The number of aryl methyl sites for hydroxylation is 1. The molecule has 4 rings (SSSR count). The number of aromatic nitrogens is 1. The maximum atomic E-state index is 13.4. The minimum Gasteiger partial charge on any atom is -0.318 e. The van der Waals surface area contributed by atoms with Gasteiger partial charge in [0, 0.05) is 22.6 Å². The Bertz CT molecular complexity index is 1500. The number of hydrazone groups is 1. The van der Waals surface area contributed by atoms with Gasteiger partial charge < -0.3 is 4.57 Å². The number of rotatable bonds is 8. The fourth-order valence-electron chi connectivity index (χ4n) is 3.91. The SMILES string of the molecule is Cc1cc(/C=N\NC(=O)CN(c2ccccc2Cl)S(=O)(=O)c2ccccc2)c(C)n1-c1ccccc1. The third-order valence-electron chi connectivity index (χ3n) is 5.62. The highest BCUT2D eigenvalue weighted by Crippen LogP contribution is 2.30. The summed E-state index contributed by atoms with van der Waals surface area (Å²) in [5.41, 5.74) is 6.48. The molecule has 1 heterocycles. The van der Waals surface area contributed by atoms with Crippen LogP contribution >= 0.6 is 11.6 Å². The Morgan fingerprint density at radius 3 is 2.25 bits per heavy atom. The fraction of sp³-hybridized carbons (Fsp3) is 0.111. The van der Waals surface area contributed by atoms with Gasteiger partial charge in [-0.3, -0.25) is 9.10 Å². The largest absolute Gasteiger partial charge is 0.318 e. The summed E-state index contributed by atoms with van der Waals surface area (Å²) in [5, 5.41) is 4.29. The number of amides is 1. The predicted octanol–water partition coefficient (Wildman–Crippen LogP) is 5.09. The molecule has 0 unspecified atom stereocenters. The topological polar surface area (TPSA) is 83.8 Å². The Hall–Kier alpha value is -3.88. The molecule has 1 amide bonds. The number of hydrogen-bond acceptors (Lipinski definition) is 4. The van der Waals surface area contributed by atoms with E-state index in [0.717, 1.165) is 26.9 Å². The normalized spacial score (nSPS) is 11.5. The zero-order valence-corrected chi connectivity index (χ0v) is 21.4. The number of carbonyl (C=O) groups excluding carboxylic acids is 1. The number of carbonyl (C=O) groups is 1. The van der Waals surface area contributed by atoms with Crippen LogP contribution in [0.1, 0.15) is 17.0 Å². The number of benzene rings is 3. The molecule has 0 saturated carbocycles. The number of anilines is 1. The Kier molecular flexibility index (Phi) is 7.57. The number of nitrogens with one attached hydrogen (secondary N) is 1. The first kappa shape index (κ1) is 25.2. The molecule has 0 atom stereocenters. The van der Waals surface area contributed by atoms with E-state index in [1.54, 1.807) is 48.7 Å². The van der Waals surface area contributed by atoms with E-state index in [1.165, 1.54) is 12.1 Å². The van der Waals surface area contributed by atoms with Crippen LogP contribution in [-0.2, 0) is 14.8 Å². The number of sulfonamides is 1. The molecule has 3 aromatic carbocycles. The lowest BCUT2D eigenvalue weighted by molar-refractivity contribution is -0.119. The Balaban J connectivity index is 1.55. The summed E-state index contributed by atoms with van der Waals surface area (Å²) in [6.45, 7) is 3.46. The van der Waals surface area contributed by atoms with Gasteiger partial charge in [0.25, 0.3) is 15.9 Å². The maximum Gasteiger partial charge on any atom is 0.264 e. The maximum absolute atomic E-state index is 13.4. The van der Waals surface area contributed by atoms with Crippen molar-refractivity contribution >= 4 is 39.4 Å². The average Bonchev–Trinajstić information content (AvgIpc) is 3.16. The molecule has 184 valence electrons. The average molecular weight is 521 g/mol. The number of para-hydroxylation sites is 2. The third kappa shape index (κ3) is 5.35. The van der Waals surface area contributed by atoms with Gasteiger partial charge in [0.2, 0.25) is 0 Å². The molecule has 7 nitrogen and oxygen atoms in total. The first-order chi connectivity index (χ1) is 17.3. The van der Waals surface area contributed by atoms with E-state index in [9.17, 15) is 13.2 Å². The fourth-order valence-corrected chi connectivity index (χ4v) is 5.65. The summed E-state index contributed by atoms with van der Waals surface area (Å²) in [6.07, 6.45) is 1.55. The standard InChI is InChI=1S/C27H25ClN4O3S/c1-20-17-22(21(2)32(20)23-11-5-3-6-12-23)18-29-30-27(33)19-31(26-16-10-9-15-25(26)28)36(34,35)24-13-7-4-8-14-24/h3-18H,19H2,1-2H3,(H,30,33)/b29-18-. The van der Waals surface area contributed by atoms with Gasteiger partial charge in [-0.15, -0.1) is 0 Å². The second kappa shape index (κ2) is 10.8. The molecule has 0 saturated heterocycles. The van der Waals surface area contributed by atoms with Gasteiger partial charge in [0.05, 0.1) is 21.8 Å². The summed E-state index contributed by atoms with van der Waals surface area (Å²) in [6, 6.07) is 26.3. The van der Waals surface area contributed by atoms with Crippen LogP contribution in [0.3, 0.4) is 0 Å². The van der Waals surface area contributed by atoms with Crippen molar-refractivity contribution in [3.8, 4) is 5.69 Å². The first-order valence-corrected chi connectivity index (χ1v) is 13.0. The van der Waals surface area contributed by atoms with E-state index >= 15 is 0 Å². The molecular weight excluding hydrogens is 496 g/mol. The van der Waals surface area contributed by atoms with Crippen molar-refractivity contribution in [1.29, 1.82) is 0 Å². The van der Waals surface area contributed by atoms with Gasteiger partial charge in [0.15, 0.2) is 0 Å². The third-order valence-corrected chi connectivity index (χ3v) is 7.71. The van der Waals surface area contributed by atoms with Crippen molar-refractivity contribution in [3.63, 3.8) is 0 Å². The summed E-state index contributed by atoms with van der Waals surface area (Å²) < 4.78 is 29.8. The van der Waals surface area contributed by atoms with Gasteiger partial charge in [-0.2, -0.15) is 5.10 Å². The Morgan fingerprint density at radius 1 is 0.972 bits per heavy atom.